The molecule has 0 bridgehead atoms. The summed E-state index contributed by atoms with van der Waals surface area (Å²) in [4.78, 5) is 0. The molecular weight excluding hydrogens is 176 g/mol. The second kappa shape index (κ2) is 5.31. The van der Waals surface area contributed by atoms with Gasteiger partial charge in [0.25, 0.3) is 0 Å². The first-order valence-electron chi connectivity index (χ1n) is 4.59. The smallest absolute Gasteiger partial charge is 0.135 e. The second-order valence-corrected chi connectivity index (χ2v) is 3.12. The minimum absolute atomic E-state index is 0.129. The van der Waals surface area contributed by atoms with Gasteiger partial charge >= 0.3 is 0 Å². The van der Waals surface area contributed by atoms with E-state index in [1.165, 1.54) is 0 Å². The fraction of sp³-hybridized carbons (Fsp3) is 0.333. The molecule has 0 aromatic heterocycles. The van der Waals surface area contributed by atoms with E-state index in [0.717, 1.165) is 11.3 Å². The third-order valence-corrected chi connectivity index (χ3v) is 1.55. The van der Waals surface area contributed by atoms with Crippen molar-refractivity contribution in [2.75, 3.05) is 6.61 Å². The van der Waals surface area contributed by atoms with Crippen LogP contribution in [0.25, 0.3) is 0 Å². The molecule has 0 fully saturated rings. The van der Waals surface area contributed by atoms with E-state index >= 15 is 0 Å². The Morgan fingerprint density at radius 3 is 2.71 bits per heavy atom. The molecule has 1 N–H and O–H groups in total. The molecule has 0 aliphatic heterocycles. The molecule has 0 saturated heterocycles. The lowest BCUT2D eigenvalue weighted by Crippen LogP contribution is -2.06. The topological polar surface area (TPSA) is 29.5 Å². The van der Waals surface area contributed by atoms with Crippen LogP contribution in [0.4, 0.5) is 0 Å². The monoisotopic (exact) mass is 190 g/mol. The van der Waals surface area contributed by atoms with Gasteiger partial charge in [-0.3, -0.25) is 0 Å². The molecule has 0 atom stereocenters. The van der Waals surface area contributed by atoms with E-state index in [9.17, 15) is 0 Å². The van der Waals surface area contributed by atoms with Gasteiger partial charge in [-0.2, -0.15) is 0 Å². The Morgan fingerprint density at radius 2 is 2.07 bits per heavy atom. The number of benzene rings is 1. The number of para-hydroxylation sites is 1. The highest BCUT2D eigenvalue weighted by Crippen LogP contribution is 2.17. The van der Waals surface area contributed by atoms with Crippen LogP contribution in [0.5, 0.6) is 5.75 Å². The van der Waals surface area contributed by atoms with Crippen molar-refractivity contribution < 1.29 is 9.84 Å². The van der Waals surface area contributed by atoms with Crippen LogP contribution in [0.2, 0.25) is 0 Å². The van der Waals surface area contributed by atoms with Crippen LogP contribution in [-0.4, -0.2) is 17.8 Å². The Morgan fingerprint density at radius 1 is 1.36 bits per heavy atom. The standard InChI is InChI=1S/C12H14O2/c1-10(2)14-12-8-4-3-6-11(12)7-5-9-13/h3-4,6,8,10,13H,9H2,1-2H3. The van der Waals surface area contributed by atoms with Gasteiger partial charge in [-0.15, -0.1) is 0 Å². The molecule has 0 aliphatic rings. The van der Waals surface area contributed by atoms with Crippen molar-refractivity contribution in [3.63, 3.8) is 0 Å². The number of rotatable bonds is 2. The van der Waals surface area contributed by atoms with Crippen molar-refractivity contribution in [3.05, 3.63) is 29.8 Å². The molecule has 14 heavy (non-hydrogen) atoms. The molecule has 0 amide bonds. The highest BCUT2D eigenvalue weighted by molar-refractivity contribution is 5.45. The van der Waals surface area contributed by atoms with Crippen LogP contribution in [0, 0.1) is 11.8 Å². The van der Waals surface area contributed by atoms with E-state index in [1.54, 1.807) is 0 Å². The molecule has 2 heteroatoms. The highest BCUT2D eigenvalue weighted by Gasteiger charge is 2.01. The summed E-state index contributed by atoms with van der Waals surface area (Å²) in [6.45, 7) is 3.81. The normalized spacial score (nSPS) is 9.43. The summed E-state index contributed by atoms with van der Waals surface area (Å²) in [5, 5.41) is 8.59. The molecule has 0 unspecified atom stereocenters. The van der Waals surface area contributed by atoms with Crippen molar-refractivity contribution >= 4 is 0 Å². The van der Waals surface area contributed by atoms with Crippen LogP contribution >= 0.6 is 0 Å². The van der Waals surface area contributed by atoms with Crippen molar-refractivity contribution in [1.29, 1.82) is 0 Å². The molecule has 0 radical (unpaired) electrons. The lowest BCUT2D eigenvalue weighted by Gasteiger charge is -2.10. The maximum absolute atomic E-state index is 8.59. The van der Waals surface area contributed by atoms with Gasteiger partial charge in [-0.05, 0) is 26.0 Å². The first-order chi connectivity index (χ1) is 6.74. The summed E-state index contributed by atoms with van der Waals surface area (Å²) < 4.78 is 5.56. The SMILES string of the molecule is CC(C)Oc1ccccc1C#CCO. The molecule has 1 aromatic carbocycles. The average Bonchev–Trinajstić information content (AvgIpc) is 2.16. The van der Waals surface area contributed by atoms with Gasteiger partial charge in [0.15, 0.2) is 0 Å². The number of aliphatic hydroxyl groups is 1. The third-order valence-electron chi connectivity index (χ3n) is 1.55. The van der Waals surface area contributed by atoms with Crippen LogP contribution in [-0.2, 0) is 0 Å². The number of hydrogen-bond acceptors (Lipinski definition) is 2. The molecule has 0 saturated carbocycles. The van der Waals surface area contributed by atoms with E-state index in [0.29, 0.717) is 0 Å². The summed E-state index contributed by atoms with van der Waals surface area (Å²) in [6, 6.07) is 7.55. The molecule has 0 spiro atoms. The quantitative estimate of drug-likeness (QED) is 0.721. The van der Waals surface area contributed by atoms with Crippen LogP contribution < -0.4 is 4.74 Å². The van der Waals surface area contributed by atoms with E-state index in [1.807, 2.05) is 38.1 Å². The van der Waals surface area contributed by atoms with Crippen molar-refractivity contribution in [1.82, 2.24) is 0 Å². The number of ether oxygens (including phenoxy) is 1. The van der Waals surface area contributed by atoms with Gasteiger partial charge in [-0.25, -0.2) is 0 Å². The average molecular weight is 190 g/mol. The third kappa shape index (κ3) is 3.12. The van der Waals surface area contributed by atoms with Crippen molar-refractivity contribution in [2.24, 2.45) is 0 Å². The predicted octanol–water partition coefficient (Wildman–Crippen LogP) is 1.82. The van der Waals surface area contributed by atoms with Gasteiger partial charge in [0, 0.05) is 0 Å². The number of aliphatic hydroxyl groups excluding tert-OH is 1. The van der Waals surface area contributed by atoms with E-state index in [-0.39, 0.29) is 12.7 Å². The molecule has 74 valence electrons. The van der Waals surface area contributed by atoms with E-state index in [4.69, 9.17) is 9.84 Å². The highest BCUT2D eigenvalue weighted by atomic mass is 16.5. The molecule has 0 aliphatic carbocycles. The molecule has 0 heterocycles. The fourth-order valence-electron chi connectivity index (χ4n) is 1.06. The Labute approximate surface area is 84.5 Å². The first kappa shape index (κ1) is 10.6. The zero-order chi connectivity index (χ0) is 10.4. The fourth-order valence-corrected chi connectivity index (χ4v) is 1.06. The zero-order valence-corrected chi connectivity index (χ0v) is 8.45. The molecule has 1 aromatic rings. The van der Waals surface area contributed by atoms with Gasteiger partial charge in [-0.1, -0.05) is 24.0 Å². The second-order valence-electron chi connectivity index (χ2n) is 3.12. The first-order valence-corrected chi connectivity index (χ1v) is 4.59. The summed E-state index contributed by atoms with van der Waals surface area (Å²) in [5.41, 5.74) is 0.815. The summed E-state index contributed by atoms with van der Waals surface area (Å²) in [7, 11) is 0. The summed E-state index contributed by atoms with van der Waals surface area (Å²) in [5.74, 6) is 6.21. The van der Waals surface area contributed by atoms with Gasteiger partial charge < -0.3 is 9.84 Å². The maximum Gasteiger partial charge on any atom is 0.135 e. The van der Waals surface area contributed by atoms with Gasteiger partial charge in [0.2, 0.25) is 0 Å². The predicted molar refractivity (Wildman–Crippen MR) is 56.2 cm³/mol. The molecule has 2 nitrogen and oxygen atoms in total. The minimum atomic E-state index is -0.129. The molecule has 1 rings (SSSR count). The lowest BCUT2D eigenvalue weighted by molar-refractivity contribution is 0.242. The lowest BCUT2D eigenvalue weighted by atomic mass is 10.2. The van der Waals surface area contributed by atoms with Crippen molar-refractivity contribution in [2.45, 2.75) is 20.0 Å². The van der Waals surface area contributed by atoms with Gasteiger partial charge in [0.05, 0.1) is 11.7 Å². The maximum atomic E-state index is 8.59. The Bertz CT molecular complexity index is 345. The van der Waals surface area contributed by atoms with Crippen LogP contribution in [0.1, 0.15) is 19.4 Å². The zero-order valence-electron chi connectivity index (χ0n) is 8.45. The summed E-state index contributed by atoms with van der Waals surface area (Å²) in [6.07, 6.45) is 0.132. The van der Waals surface area contributed by atoms with E-state index in [2.05, 4.69) is 11.8 Å². The summed E-state index contributed by atoms with van der Waals surface area (Å²) >= 11 is 0. The van der Waals surface area contributed by atoms with E-state index < -0.39 is 0 Å². The van der Waals surface area contributed by atoms with Crippen LogP contribution in [0.15, 0.2) is 24.3 Å². The largest absolute Gasteiger partial charge is 0.490 e. The van der Waals surface area contributed by atoms with Crippen molar-refractivity contribution in [3.8, 4) is 17.6 Å². The minimum Gasteiger partial charge on any atom is -0.490 e. The number of hydrogen-bond donors (Lipinski definition) is 1. The Balaban J connectivity index is 2.91. The van der Waals surface area contributed by atoms with Crippen LogP contribution in [0.3, 0.4) is 0 Å². The Kier molecular flexibility index (Phi) is 4.03. The van der Waals surface area contributed by atoms with Gasteiger partial charge in [0.1, 0.15) is 12.4 Å². The molecular formula is C12H14O2. The Hall–Kier alpha value is -1.46.